The number of carbonyl (C=O) groups is 1. The van der Waals surface area contributed by atoms with E-state index < -0.39 is 0 Å². The number of ether oxygens (including phenoxy) is 1. The molecule has 0 unspecified atom stereocenters. The van der Waals surface area contributed by atoms with Crippen molar-refractivity contribution >= 4 is 5.97 Å². The molecule has 1 N–H and O–H groups in total. The van der Waals surface area contributed by atoms with Crippen molar-refractivity contribution in [3.8, 4) is 0 Å². The lowest BCUT2D eigenvalue weighted by molar-refractivity contribution is -0.137. The van der Waals surface area contributed by atoms with E-state index in [0.717, 1.165) is 19.3 Å². The molecule has 0 aromatic carbocycles. The first-order valence-electron chi connectivity index (χ1n) is 4.49. The third-order valence-electron chi connectivity index (χ3n) is 1.44. The van der Waals surface area contributed by atoms with Gasteiger partial charge in [0.25, 0.3) is 0 Å². The molecule has 0 heterocycles. The van der Waals surface area contributed by atoms with Crippen LogP contribution in [0.5, 0.6) is 0 Å². The van der Waals surface area contributed by atoms with Crippen LogP contribution in [-0.2, 0) is 9.53 Å². The van der Waals surface area contributed by atoms with E-state index in [-0.39, 0.29) is 5.97 Å². The molecule has 0 aliphatic carbocycles. The molecule has 4 nitrogen and oxygen atoms in total. The number of esters is 1. The topological polar surface area (TPSA) is 61.4 Å². The standard InChI is InChI=1S/C9H16NO3/c1-2-13-9(11)7-5-3-4-6-8-10-12/h5,7,10H,2-4,6,8H2,1H3/q-1/b7-5+. The Bertz CT molecular complexity index is 157. The molecule has 0 saturated heterocycles. The van der Waals surface area contributed by atoms with Crippen LogP contribution >= 0.6 is 0 Å². The molecule has 0 aliphatic rings. The molecule has 0 spiro atoms. The Morgan fingerprint density at radius 2 is 2.31 bits per heavy atom. The second-order valence-electron chi connectivity index (χ2n) is 2.54. The van der Waals surface area contributed by atoms with Crippen molar-refractivity contribution < 1.29 is 9.53 Å². The molecule has 0 radical (unpaired) electrons. The van der Waals surface area contributed by atoms with Gasteiger partial charge in [-0.3, -0.25) is 0 Å². The van der Waals surface area contributed by atoms with Gasteiger partial charge in [-0.05, 0) is 32.7 Å². The third-order valence-corrected chi connectivity index (χ3v) is 1.44. The van der Waals surface area contributed by atoms with Gasteiger partial charge in [0.15, 0.2) is 0 Å². The van der Waals surface area contributed by atoms with Crippen LogP contribution in [0.4, 0.5) is 0 Å². The van der Waals surface area contributed by atoms with Crippen molar-refractivity contribution in [2.24, 2.45) is 0 Å². The Morgan fingerprint density at radius 3 is 2.92 bits per heavy atom. The molecule has 0 aromatic rings. The van der Waals surface area contributed by atoms with E-state index in [9.17, 15) is 10.0 Å². The predicted molar refractivity (Wildman–Crippen MR) is 51.0 cm³/mol. The fraction of sp³-hybridized carbons (Fsp3) is 0.667. The van der Waals surface area contributed by atoms with Gasteiger partial charge in [0.05, 0.1) is 6.61 Å². The average Bonchev–Trinajstić information content (AvgIpc) is 2.11. The minimum absolute atomic E-state index is 0.301. The summed E-state index contributed by atoms with van der Waals surface area (Å²) in [6.45, 7) is 2.65. The average molecular weight is 186 g/mol. The summed E-state index contributed by atoms with van der Waals surface area (Å²) in [5.74, 6) is -0.301. The Balaban J connectivity index is 3.25. The highest BCUT2D eigenvalue weighted by Gasteiger charge is 1.91. The zero-order valence-corrected chi connectivity index (χ0v) is 7.91. The van der Waals surface area contributed by atoms with Crippen LogP contribution in [0, 0.1) is 5.21 Å². The highest BCUT2D eigenvalue weighted by Crippen LogP contribution is 1.95. The molecule has 0 atom stereocenters. The second kappa shape index (κ2) is 9.22. The van der Waals surface area contributed by atoms with Crippen molar-refractivity contribution in [2.45, 2.75) is 26.2 Å². The van der Waals surface area contributed by atoms with Gasteiger partial charge in [0.2, 0.25) is 0 Å². The van der Waals surface area contributed by atoms with Crippen molar-refractivity contribution in [1.29, 1.82) is 0 Å². The van der Waals surface area contributed by atoms with E-state index in [1.807, 2.05) is 5.48 Å². The number of rotatable bonds is 7. The van der Waals surface area contributed by atoms with Gasteiger partial charge in [-0.15, -0.1) is 0 Å². The van der Waals surface area contributed by atoms with Gasteiger partial charge >= 0.3 is 5.97 Å². The fourth-order valence-electron chi connectivity index (χ4n) is 0.829. The lowest BCUT2D eigenvalue weighted by atomic mass is 10.2. The normalized spacial score (nSPS) is 10.6. The fourth-order valence-corrected chi connectivity index (χ4v) is 0.829. The van der Waals surface area contributed by atoms with Gasteiger partial charge in [-0.2, -0.15) is 0 Å². The molecule has 13 heavy (non-hydrogen) atoms. The second-order valence-corrected chi connectivity index (χ2v) is 2.54. The zero-order chi connectivity index (χ0) is 9.94. The Morgan fingerprint density at radius 1 is 1.54 bits per heavy atom. The van der Waals surface area contributed by atoms with Crippen molar-refractivity contribution in [3.05, 3.63) is 17.4 Å². The minimum atomic E-state index is -0.301. The summed E-state index contributed by atoms with van der Waals surface area (Å²) >= 11 is 0. The Hall–Kier alpha value is -0.870. The van der Waals surface area contributed by atoms with Crippen molar-refractivity contribution in [3.63, 3.8) is 0 Å². The van der Waals surface area contributed by atoms with Crippen LogP contribution < -0.4 is 5.48 Å². The summed E-state index contributed by atoms with van der Waals surface area (Å²) in [5, 5.41) is 9.81. The minimum Gasteiger partial charge on any atom is -0.788 e. The van der Waals surface area contributed by atoms with Gasteiger partial charge < -0.3 is 15.4 Å². The van der Waals surface area contributed by atoms with Crippen LogP contribution in [0.1, 0.15) is 26.2 Å². The Kier molecular flexibility index (Phi) is 8.60. The third kappa shape index (κ3) is 9.04. The quantitative estimate of drug-likeness (QED) is 0.282. The molecular weight excluding hydrogens is 170 g/mol. The van der Waals surface area contributed by atoms with Gasteiger partial charge in [0, 0.05) is 6.08 Å². The number of unbranched alkanes of at least 4 members (excludes halogenated alkanes) is 2. The molecule has 4 heteroatoms. The number of hydroxylamine groups is 1. The van der Waals surface area contributed by atoms with E-state index >= 15 is 0 Å². The smallest absolute Gasteiger partial charge is 0.330 e. The zero-order valence-electron chi connectivity index (χ0n) is 7.91. The van der Waals surface area contributed by atoms with E-state index in [1.54, 1.807) is 13.0 Å². The first-order valence-corrected chi connectivity index (χ1v) is 4.49. The van der Waals surface area contributed by atoms with Gasteiger partial charge in [-0.25, -0.2) is 4.79 Å². The maximum atomic E-state index is 10.8. The summed E-state index contributed by atoms with van der Waals surface area (Å²) in [4.78, 5) is 10.8. The molecule has 0 aromatic heterocycles. The molecule has 0 bridgehead atoms. The monoisotopic (exact) mass is 186 g/mol. The first-order chi connectivity index (χ1) is 6.31. The summed E-state index contributed by atoms with van der Waals surface area (Å²) < 4.78 is 4.68. The molecule has 0 rings (SSSR count). The highest BCUT2D eigenvalue weighted by molar-refractivity contribution is 5.81. The molecule has 0 saturated carbocycles. The van der Waals surface area contributed by atoms with E-state index in [4.69, 9.17) is 0 Å². The molecule has 0 amide bonds. The summed E-state index contributed by atoms with van der Waals surface area (Å²) in [6.07, 6.45) is 5.74. The lowest BCUT2D eigenvalue weighted by Crippen LogP contribution is -2.04. The van der Waals surface area contributed by atoms with Crippen molar-refractivity contribution in [2.75, 3.05) is 13.2 Å². The molecule has 0 aliphatic heterocycles. The summed E-state index contributed by atoms with van der Waals surface area (Å²) in [7, 11) is 0. The van der Waals surface area contributed by atoms with Gasteiger partial charge in [-0.1, -0.05) is 6.08 Å². The van der Waals surface area contributed by atoms with Crippen LogP contribution in [0.25, 0.3) is 0 Å². The summed E-state index contributed by atoms with van der Waals surface area (Å²) in [6, 6.07) is 0. The molecule has 76 valence electrons. The number of hydrogen-bond donors (Lipinski definition) is 1. The number of allylic oxidation sites excluding steroid dienone is 1. The van der Waals surface area contributed by atoms with Gasteiger partial charge in [0.1, 0.15) is 0 Å². The maximum absolute atomic E-state index is 10.8. The Labute approximate surface area is 78.5 Å². The number of nitrogens with one attached hydrogen (secondary N) is 1. The summed E-state index contributed by atoms with van der Waals surface area (Å²) in [5.41, 5.74) is 1.82. The lowest BCUT2D eigenvalue weighted by Gasteiger charge is -2.04. The number of hydrogen-bond acceptors (Lipinski definition) is 4. The van der Waals surface area contributed by atoms with Crippen molar-refractivity contribution in [1.82, 2.24) is 5.48 Å². The van der Waals surface area contributed by atoms with Crippen LogP contribution in [0.2, 0.25) is 0 Å². The first kappa shape index (κ1) is 12.1. The van der Waals surface area contributed by atoms with E-state index in [0.29, 0.717) is 13.2 Å². The SMILES string of the molecule is CCOC(=O)/C=C/CCCCN[O-]. The highest BCUT2D eigenvalue weighted by atomic mass is 16.5. The molecule has 0 fully saturated rings. The number of carbonyl (C=O) groups excluding carboxylic acids is 1. The van der Waals surface area contributed by atoms with Crippen LogP contribution in [0.15, 0.2) is 12.2 Å². The molecular formula is C9H16NO3-. The van der Waals surface area contributed by atoms with E-state index in [2.05, 4.69) is 4.74 Å². The predicted octanol–water partition coefficient (Wildman–Crippen LogP) is 1.36. The van der Waals surface area contributed by atoms with Crippen LogP contribution in [-0.4, -0.2) is 19.1 Å². The maximum Gasteiger partial charge on any atom is 0.330 e. The van der Waals surface area contributed by atoms with Crippen LogP contribution in [0.3, 0.4) is 0 Å². The largest absolute Gasteiger partial charge is 0.788 e. The van der Waals surface area contributed by atoms with E-state index in [1.165, 1.54) is 6.08 Å².